The van der Waals surface area contributed by atoms with Crippen LogP contribution >= 0.6 is 0 Å². The topological polar surface area (TPSA) is 46.2 Å². The summed E-state index contributed by atoms with van der Waals surface area (Å²) in [6, 6.07) is 3.23. The molecule has 0 unspecified atom stereocenters. The predicted molar refractivity (Wildman–Crippen MR) is 44.4 cm³/mol. The zero-order chi connectivity index (χ0) is 10.6. The van der Waals surface area contributed by atoms with Crippen LogP contribution in [0.4, 0.5) is 8.78 Å². The second kappa shape index (κ2) is 4.45. The van der Waals surface area contributed by atoms with Crippen LogP contribution in [0, 0.1) is 11.6 Å². The second-order valence-electron chi connectivity index (χ2n) is 2.43. The van der Waals surface area contributed by atoms with Gasteiger partial charge in [0.05, 0.1) is 12.1 Å². The van der Waals surface area contributed by atoms with E-state index in [4.69, 9.17) is 0 Å². The second-order valence-corrected chi connectivity index (χ2v) is 2.43. The Morgan fingerprint density at radius 2 is 2.14 bits per heavy atom. The first-order valence-electron chi connectivity index (χ1n) is 3.74. The Morgan fingerprint density at radius 1 is 1.43 bits per heavy atom. The Balaban J connectivity index is 2.89. The van der Waals surface area contributed by atoms with Gasteiger partial charge in [0.15, 0.2) is 11.6 Å². The molecule has 1 aromatic rings. The summed E-state index contributed by atoms with van der Waals surface area (Å²) in [5, 5.41) is 2.05. The SMILES string of the molecule is O=[C]CNC(=O)c1cccc(F)c1F. The van der Waals surface area contributed by atoms with E-state index in [2.05, 4.69) is 0 Å². The maximum absolute atomic E-state index is 12.9. The standard InChI is InChI=1S/C9H6F2NO2/c10-7-3-1-2-6(8(7)11)9(14)12-4-5-13/h1-3H,4H2,(H,12,14). The van der Waals surface area contributed by atoms with Crippen molar-refractivity contribution in [2.75, 3.05) is 6.54 Å². The van der Waals surface area contributed by atoms with Gasteiger partial charge >= 0.3 is 0 Å². The van der Waals surface area contributed by atoms with Crippen LogP contribution in [-0.2, 0) is 4.79 Å². The van der Waals surface area contributed by atoms with Crippen molar-refractivity contribution in [3.63, 3.8) is 0 Å². The number of rotatable bonds is 3. The van der Waals surface area contributed by atoms with Crippen LogP contribution in [0.5, 0.6) is 0 Å². The third-order valence-electron chi connectivity index (χ3n) is 1.52. The van der Waals surface area contributed by atoms with Crippen LogP contribution < -0.4 is 5.32 Å². The van der Waals surface area contributed by atoms with Crippen LogP contribution in [0.1, 0.15) is 10.4 Å². The summed E-state index contributed by atoms with van der Waals surface area (Å²) in [6.07, 6.45) is 1.40. The fourth-order valence-electron chi connectivity index (χ4n) is 0.891. The maximum atomic E-state index is 12.9. The van der Waals surface area contributed by atoms with Gasteiger partial charge in [-0.05, 0) is 12.1 Å². The van der Waals surface area contributed by atoms with E-state index in [9.17, 15) is 18.4 Å². The summed E-state index contributed by atoms with van der Waals surface area (Å²) >= 11 is 0. The van der Waals surface area contributed by atoms with E-state index < -0.39 is 23.1 Å². The fourth-order valence-corrected chi connectivity index (χ4v) is 0.891. The van der Waals surface area contributed by atoms with Gasteiger partial charge < -0.3 is 5.32 Å². The van der Waals surface area contributed by atoms with Gasteiger partial charge in [0, 0.05) is 0 Å². The molecule has 0 bridgehead atoms. The molecule has 1 N–H and O–H groups in total. The van der Waals surface area contributed by atoms with Crippen molar-refractivity contribution in [3.05, 3.63) is 35.4 Å². The lowest BCUT2D eigenvalue weighted by molar-refractivity contribution is 0.0954. The molecule has 1 aromatic carbocycles. The summed E-state index contributed by atoms with van der Waals surface area (Å²) in [7, 11) is 0. The van der Waals surface area contributed by atoms with Crippen molar-refractivity contribution in [1.29, 1.82) is 0 Å². The summed E-state index contributed by atoms with van der Waals surface area (Å²) < 4.78 is 25.6. The maximum Gasteiger partial charge on any atom is 0.254 e. The number of amides is 1. The van der Waals surface area contributed by atoms with Gasteiger partial charge in [-0.3, -0.25) is 9.59 Å². The van der Waals surface area contributed by atoms with Crippen LogP contribution in [0.2, 0.25) is 0 Å². The molecule has 0 heterocycles. The van der Waals surface area contributed by atoms with Crippen molar-refractivity contribution in [2.45, 2.75) is 0 Å². The monoisotopic (exact) mass is 198 g/mol. The fraction of sp³-hybridized carbons (Fsp3) is 0.111. The summed E-state index contributed by atoms with van der Waals surface area (Å²) in [5.41, 5.74) is -0.430. The van der Waals surface area contributed by atoms with Crippen LogP contribution in [-0.4, -0.2) is 18.7 Å². The Kier molecular flexibility index (Phi) is 3.28. The van der Waals surface area contributed by atoms with Crippen LogP contribution in [0.15, 0.2) is 18.2 Å². The van der Waals surface area contributed by atoms with Crippen LogP contribution in [0.3, 0.4) is 0 Å². The Morgan fingerprint density at radius 3 is 2.79 bits per heavy atom. The molecule has 1 radical (unpaired) electrons. The first kappa shape index (κ1) is 10.3. The number of hydrogen-bond acceptors (Lipinski definition) is 2. The highest BCUT2D eigenvalue weighted by atomic mass is 19.2. The number of hydrogen-bond donors (Lipinski definition) is 1. The van der Waals surface area contributed by atoms with E-state index >= 15 is 0 Å². The molecule has 73 valence electrons. The lowest BCUT2D eigenvalue weighted by Gasteiger charge is -2.02. The average molecular weight is 198 g/mol. The van der Waals surface area contributed by atoms with Crippen molar-refractivity contribution >= 4 is 12.2 Å². The summed E-state index contributed by atoms with van der Waals surface area (Å²) in [5.74, 6) is -3.17. The molecule has 1 amide bonds. The molecule has 5 heteroatoms. The van der Waals surface area contributed by atoms with Gasteiger partial charge in [0.25, 0.3) is 5.91 Å². The summed E-state index contributed by atoms with van der Waals surface area (Å²) in [4.78, 5) is 20.9. The van der Waals surface area contributed by atoms with E-state index in [1.165, 1.54) is 12.4 Å². The van der Waals surface area contributed by atoms with Gasteiger partial charge in [-0.1, -0.05) is 6.07 Å². The molecule has 0 aliphatic carbocycles. The van der Waals surface area contributed by atoms with Crippen LogP contribution in [0.25, 0.3) is 0 Å². The third kappa shape index (κ3) is 2.12. The smallest absolute Gasteiger partial charge is 0.254 e. The molecule has 0 atom stereocenters. The molecule has 0 spiro atoms. The highest BCUT2D eigenvalue weighted by Gasteiger charge is 2.13. The van der Waals surface area contributed by atoms with E-state index in [1.54, 1.807) is 0 Å². The quantitative estimate of drug-likeness (QED) is 0.780. The Bertz CT molecular complexity index is 366. The zero-order valence-corrected chi connectivity index (χ0v) is 7.01. The van der Waals surface area contributed by atoms with Crippen molar-refractivity contribution in [3.8, 4) is 0 Å². The minimum atomic E-state index is -1.23. The van der Waals surface area contributed by atoms with E-state index in [0.717, 1.165) is 12.1 Å². The van der Waals surface area contributed by atoms with Gasteiger partial charge in [0.2, 0.25) is 6.29 Å². The largest absolute Gasteiger partial charge is 0.344 e. The molecule has 1 rings (SSSR count). The minimum Gasteiger partial charge on any atom is -0.344 e. The molecule has 3 nitrogen and oxygen atoms in total. The first-order valence-corrected chi connectivity index (χ1v) is 3.74. The lowest BCUT2D eigenvalue weighted by atomic mass is 10.2. The molecule has 0 aliphatic heterocycles. The number of carbonyl (C=O) groups excluding carboxylic acids is 2. The van der Waals surface area contributed by atoms with Gasteiger partial charge in [-0.2, -0.15) is 0 Å². The molecule has 0 aromatic heterocycles. The van der Waals surface area contributed by atoms with Crippen molar-refractivity contribution in [2.24, 2.45) is 0 Å². The normalized spacial score (nSPS) is 9.57. The van der Waals surface area contributed by atoms with E-state index in [-0.39, 0.29) is 6.54 Å². The summed E-state index contributed by atoms with van der Waals surface area (Å²) in [6.45, 7) is -0.352. The number of carbonyl (C=O) groups is 1. The van der Waals surface area contributed by atoms with Gasteiger partial charge in [0.1, 0.15) is 0 Å². The predicted octanol–water partition coefficient (Wildman–Crippen LogP) is 0.804. The molecule has 0 saturated heterocycles. The molecule has 14 heavy (non-hydrogen) atoms. The minimum absolute atomic E-state index is 0.352. The molecule has 0 fully saturated rings. The zero-order valence-electron chi connectivity index (χ0n) is 7.01. The number of benzene rings is 1. The molecular formula is C9H6F2NO2. The Hall–Kier alpha value is -1.78. The lowest BCUT2D eigenvalue weighted by Crippen LogP contribution is -2.26. The number of nitrogens with one attached hydrogen (secondary N) is 1. The molecule has 0 aliphatic rings. The first-order chi connectivity index (χ1) is 6.66. The average Bonchev–Trinajstić information content (AvgIpc) is 2.18. The van der Waals surface area contributed by atoms with Crippen molar-refractivity contribution < 1.29 is 18.4 Å². The van der Waals surface area contributed by atoms with Gasteiger partial charge in [-0.15, -0.1) is 0 Å². The Labute approximate surface area is 78.7 Å². The van der Waals surface area contributed by atoms with E-state index in [0.29, 0.717) is 0 Å². The van der Waals surface area contributed by atoms with E-state index in [1.807, 2.05) is 5.32 Å². The third-order valence-corrected chi connectivity index (χ3v) is 1.52. The van der Waals surface area contributed by atoms with Crippen molar-refractivity contribution in [1.82, 2.24) is 5.32 Å². The van der Waals surface area contributed by atoms with Gasteiger partial charge in [-0.25, -0.2) is 8.78 Å². The highest BCUT2D eigenvalue weighted by Crippen LogP contribution is 2.10. The number of halogens is 2. The highest BCUT2D eigenvalue weighted by molar-refractivity contribution is 5.95. The molecule has 0 saturated carbocycles. The molecular weight excluding hydrogens is 192 g/mol.